The molecular formula is C14H14ClN3OS. The Kier molecular flexibility index (Phi) is 3.18. The summed E-state index contributed by atoms with van der Waals surface area (Å²) in [6.45, 7) is 3.72. The van der Waals surface area contributed by atoms with E-state index in [-0.39, 0.29) is 11.8 Å². The number of hydrogen-bond acceptors (Lipinski definition) is 3. The number of anilines is 1. The molecule has 0 saturated heterocycles. The molecule has 0 atom stereocenters. The predicted molar refractivity (Wildman–Crippen MR) is 84.6 cm³/mol. The lowest BCUT2D eigenvalue weighted by Crippen LogP contribution is -2.18. The number of thiophene rings is 1. The van der Waals surface area contributed by atoms with E-state index in [0.717, 1.165) is 25.3 Å². The highest BCUT2D eigenvalue weighted by atomic mass is 35.5. The lowest BCUT2D eigenvalue weighted by molar-refractivity contribution is -0.118. The molecule has 0 aliphatic carbocycles. The number of carbonyl (C=O) groups excluding carboxylic acids is 1. The zero-order valence-corrected chi connectivity index (χ0v) is 13.0. The normalized spacial score (nSPS) is 11.7. The van der Waals surface area contributed by atoms with Crippen molar-refractivity contribution in [2.75, 3.05) is 5.32 Å². The first-order valence-corrected chi connectivity index (χ1v) is 7.53. The van der Waals surface area contributed by atoms with Crippen LogP contribution in [0.3, 0.4) is 0 Å². The number of nitrogens with zero attached hydrogens (tertiary/aromatic N) is 2. The monoisotopic (exact) mass is 307 g/mol. The van der Waals surface area contributed by atoms with Crippen molar-refractivity contribution in [3.8, 4) is 0 Å². The van der Waals surface area contributed by atoms with Gasteiger partial charge in [0.05, 0.1) is 19.9 Å². The van der Waals surface area contributed by atoms with Crippen LogP contribution in [0, 0.1) is 5.92 Å². The molecule has 0 radical (unpaired) electrons. The molecule has 0 bridgehead atoms. The Labute approximate surface area is 125 Å². The Balaban J connectivity index is 2.23. The fourth-order valence-corrected chi connectivity index (χ4v) is 3.60. The molecular weight excluding hydrogens is 294 g/mol. The van der Waals surface area contributed by atoms with Crippen LogP contribution in [0.1, 0.15) is 13.8 Å². The van der Waals surface area contributed by atoms with Gasteiger partial charge in [-0.05, 0) is 6.07 Å². The zero-order chi connectivity index (χ0) is 14.4. The van der Waals surface area contributed by atoms with Crippen LogP contribution in [0.2, 0.25) is 5.02 Å². The lowest BCUT2D eigenvalue weighted by atomic mass is 10.2. The van der Waals surface area contributed by atoms with E-state index < -0.39 is 0 Å². The number of aromatic nitrogens is 2. The fourth-order valence-electron chi connectivity index (χ4n) is 2.14. The third-order valence-corrected chi connectivity index (χ3v) is 4.86. The Morgan fingerprint density at radius 3 is 2.85 bits per heavy atom. The number of halogens is 1. The van der Waals surface area contributed by atoms with E-state index in [0.29, 0.717) is 5.82 Å². The number of amides is 1. The molecule has 6 heteroatoms. The van der Waals surface area contributed by atoms with Gasteiger partial charge in [0.2, 0.25) is 5.91 Å². The SMILES string of the molecule is CC(C)C(=O)Nc1nn(C)c2c1sc1c(Cl)cccc12. The third-order valence-electron chi connectivity index (χ3n) is 3.20. The molecule has 1 aromatic carbocycles. The molecule has 1 amide bonds. The van der Waals surface area contributed by atoms with Crippen LogP contribution in [0.15, 0.2) is 18.2 Å². The maximum atomic E-state index is 11.9. The molecule has 1 N–H and O–H groups in total. The average Bonchev–Trinajstić information content (AvgIpc) is 2.90. The highest BCUT2D eigenvalue weighted by Crippen LogP contribution is 2.40. The number of nitrogens with one attached hydrogen (secondary N) is 1. The van der Waals surface area contributed by atoms with E-state index in [2.05, 4.69) is 10.4 Å². The van der Waals surface area contributed by atoms with E-state index in [9.17, 15) is 4.79 Å². The van der Waals surface area contributed by atoms with E-state index in [1.165, 1.54) is 0 Å². The van der Waals surface area contributed by atoms with Gasteiger partial charge in [-0.3, -0.25) is 9.48 Å². The van der Waals surface area contributed by atoms with E-state index in [4.69, 9.17) is 11.6 Å². The van der Waals surface area contributed by atoms with Crippen molar-refractivity contribution in [1.82, 2.24) is 9.78 Å². The highest BCUT2D eigenvalue weighted by molar-refractivity contribution is 7.27. The van der Waals surface area contributed by atoms with Gasteiger partial charge in [0.15, 0.2) is 5.82 Å². The van der Waals surface area contributed by atoms with Gasteiger partial charge in [0, 0.05) is 18.4 Å². The van der Waals surface area contributed by atoms with Crippen LogP contribution < -0.4 is 5.32 Å². The summed E-state index contributed by atoms with van der Waals surface area (Å²) in [7, 11) is 1.88. The molecule has 2 aromatic heterocycles. The molecule has 104 valence electrons. The smallest absolute Gasteiger partial charge is 0.228 e. The van der Waals surface area contributed by atoms with Crippen LogP contribution in [0.5, 0.6) is 0 Å². The van der Waals surface area contributed by atoms with Crippen molar-refractivity contribution in [3.63, 3.8) is 0 Å². The highest BCUT2D eigenvalue weighted by Gasteiger charge is 2.18. The molecule has 3 rings (SSSR count). The largest absolute Gasteiger partial charge is 0.308 e. The van der Waals surface area contributed by atoms with Crippen molar-refractivity contribution in [3.05, 3.63) is 23.2 Å². The molecule has 4 nitrogen and oxygen atoms in total. The minimum Gasteiger partial charge on any atom is -0.308 e. The number of benzene rings is 1. The standard InChI is InChI=1S/C14H14ClN3OS/c1-7(2)14(19)16-13-12-10(18(3)17-13)8-5-4-6-9(15)11(8)20-12/h4-7H,1-3H3,(H,16,17,19). The lowest BCUT2D eigenvalue weighted by Gasteiger charge is -2.04. The van der Waals surface area contributed by atoms with Crippen LogP contribution >= 0.6 is 22.9 Å². The first kappa shape index (κ1) is 13.4. The minimum absolute atomic E-state index is 0.0337. The summed E-state index contributed by atoms with van der Waals surface area (Å²) in [6.07, 6.45) is 0. The molecule has 0 fully saturated rings. The van der Waals surface area contributed by atoms with E-state index in [1.807, 2.05) is 39.1 Å². The summed E-state index contributed by atoms with van der Waals surface area (Å²) in [5.74, 6) is 0.497. The minimum atomic E-state index is -0.0787. The van der Waals surface area contributed by atoms with Gasteiger partial charge in [-0.25, -0.2) is 0 Å². The van der Waals surface area contributed by atoms with Crippen molar-refractivity contribution >= 4 is 55.0 Å². The van der Waals surface area contributed by atoms with Crippen molar-refractivity contribution < 1.29 is 4.79 Å². The maximum Gasteiger partial charge on any atom is 0.228 e. The number of fused-ring (bicyclic) bond motifs is 3. The van der Waals surface area contributed by atoms with Crippen molar-refractivity contribution in [2.24, 2.45) is 13.0 Å². The summed E-state index contributed by atoms with van der Waals surface area (Å²) < 4.78 is 3.78. The summed E-state index contributed by atoms with van der Waals surface area (Å²) >= 11 is 7.80. The summed E-state index contributed by atoms with van der Waals surface area (Å²) in [5, 5.41) is 9.08. The van der Waals surface area contributed by atoms with Crippen molar-refractivity contribution in [2.45, 2.75) is 13.8 Å². The van der Waals surface area contributed by atoms with Gasteiger partial charge in [0.25, 0.3) is 0 Å². The second-order valence-electron chi connectivity index (χ2n) is 5.01. The Hall–Kier alpha value is -1.59. The zero-order valence-electron chi connectivity index (χ0n) is 11.4. The molecule has 0 saturated carbocycles. The summed E-state index contributed by atoms with van der Waals surface area (Å²) in [4.78, 5) is 11.9. The number of rotatable bonds is 2. The van der Waals surface area contributed by atoms with Gasteiger partial charge in [-0.2, -0.15) is 5.10 Å². The van der Waals surface area contributed by atoms with Gasteiger partial charge < -0.3 is 5.32 Å². The predicted octanol–water partition coefficient (Wildman–Crippen LogP) is 4.04. The topological polar surface area (TPSA) is 46.9 Å². The van der Waals surface area contributed by atoms with Gasteiger partial charge in [-0.1, -0.05) is 37.6 Å². The van der Waals surface area contributed by atoms with Crippen LogP contribution in [0.25, 0.3) is 20.3 Å². The Bertz CT molecular complexity index is 819. The molecule has 0 unspecified atom stereocenters. The van der Waals surface area contributed by atoms with Gasteiger partial charge in [0.1, 0.15) is 0 Å². The first-order chi connectivity index (χ1) is 9.49. The second kappa shape index (κ2) is 4.75. The average molecular weight is 308 g/mol. The van der Waals surface area contributed by atoms with Crippen LogP contribution in [0.4, 0.5) is 5.82 Å². The molecule has 2 heterocycles. The van der Waals surface area contributed by atoms with Gasteiger partial charge >= 0.3 is 0 Å². The van der Waals surface area contributed by atoms with E-state index >= 15 is 0 Å². The molecule has 0 aliphatic heterocycles. The number of aryl methyl sites for hydroxylation is 1. The van der Waals surface area contributed by atoms with Crippen LogP contribution in [-0.4, -0.2) is 15.7 Å². The van der Waals surface area contributed by atoms with Gasteiger partial charge in [-0.15, -0.1) is 11.3 Å². The second-order valence-corrected chi connectivity index (χ2v) is 6.44. The fraction of sp³-hybridized carbons (Fsp3) is 0.286. The molecule has 20 heavy (non-hydrogen) atoms. The Morgan fingerprint density at radius 1 is 1.40 bits per heavy atom. The summed E-state index contributed by atoms with van der Waals surface area (Å²) in [6, 6.07) is 5.82. The van der Waals surface area contributed by atoms with Crippen LogP contribution in [-0.2, 0) is 11.8 Å². The maximum absolute atomic E-state index is 11.9. The molecule has 3 aromatic rings. The Morgan fingerprint density at radius 2 is 2.15 bits per heavy atom. The van der Waals surface area contributed by atoms with E-state index in [1.54, 1.807) is 16.0 Å². The molecule has 0 spiro atoms. The third kappa shape index (κ3) is 1.98. The first-order valence-electron chi connectivity index (χ1n) is 6.33. The molecule has 0 aliphatic rings. The van der Waals surface area contributed by atoms with Crippen molar-refractivity contribution in [1.29, 1.82) is 0 Å². The number of carbonyl (C=O) groups is 1. The number of hydrogen-bond donors (Lipinski definition) is 1. The quantitative estimate of drug-likeness (QED) is 0.777. The summed E-state index contributed by atoms with van der Waals surface area (Å²) in [5.41, 5.74) is 1.01.